The summed E-state index contributed by atoms with van der Waals surface area (Å²) < 4.78 is 0. The van der Waals surface area contributed by atoms with Crippen LogP contribution in [0.3, 0.4) is 0 Å². The van der Waals surface area contributed by atoms with E-state index in [9.17, 15) is 0 Å². The lowest BCUT2D eigenvalue weighted by atomic mass is 10.1. The molecule has 2 atom stereocenters. The van der Waals surface area contributed by atoms with Gasteiger partial charge in [-0.3, -0.25) is 9.98 Å². The molecule has 0 amide bonds. The molecule has 0 N–H and O–H groups in total. The van der Waals surface area contributed by atoms with E-state index in [0.717, 1.165) is 5.69 Å². The maximum Gasteiger partial charge on any atom is 0.110 e. The van der Waals surface area contributed by atoms with Crippen molar-refractivity contribution in [3.63, 3.8) is 0 Å². The average Bonchev–Trinajstić information content (AvgIpc) is 2.20. The second-order valence-electron chi connectivity index (χ2n) is 3.24. The molecule has 1 aliphatic heterocycles. The average molecular weight is 172 g/mol. The summed E-state index contributed by atoms with van der Waals surface area (Å²) in [6.45, 7) is 2.12. The molecule has 66 valence electrons. The van der Waals surface area contributed by atoms with Gasteiger partial charge in [-0.2, -0.15) is 0 Å². The number of allylic oxidation sites excluding steroid dienone is 1. The van der Waals surface area contributed by atoms with Crippen LogP contribution in [0.15, 0.2) is 41.5 Å². The van der Waals surface area contributed by atoms with Gasteiger partial charge >= 0.3 is 0 Å². The number of hydrogen-bond donors (Lipinski definition) is 0. The van der Waals surface area contributed by atoms with Crippen LogP contribution in [-0.2, 0) is 0 Å². The minimum atomic E-state index is 0.123. The van der Waals surface area contributed by atoms with Gasteiger partial charge in [0.1, 0.15) is 6.04 Å². The van der Waals surface area contributed by atoms with E-state index in [2.05, 4.69) is 29.1 Å². The molecule has 0 bridgehead atoms. The molecule has 0 saturated heterocycles. The molecule has 0 radical (unpaired) electrons. The van der Waals surface area contributed by atoms with Crippen LogP contribution >= 0.6 is 0 Å². The van der Waals surface area contributed by atoms with Crippen LogP contribution < -0.4 is 0 Å². The monoisotopic (exact) mass is 172 g/mol. The molecule has 2 heteroatoms. The van der Waals surface area contributed by atoms with E-state index >= 15 is 0 Å². The molecule has 0 aliphatic carbocycles. The van der Waals surface area contributed by atoms with Crippen LogP contribution in [0.2, 0.25) is 0 Å². The van der Waals surface area contributed by atoms with Gasteiger partial charge in [0.2, 0.25) is 0 Å². The van der Waals surface area contributed by atoms with Crippen molar-refractivity contribution in [1.82, 2.24) is 4.98 Å². The molecule has 0 spiro atoms. The van der Waals surface area contributed by atoms with Gasteiger partial charge in [-0.25, -0.2) is 0 Å². The molecular formula is C11H12N2. The van der Waals surface area contributed by atoms with Crippen LogP contribution in [0.4, 0.5) is 0 Å². The third-order valence-electron chi connectivity index (χ3n) is 2.07. The molecule has 2 rings (SSSR count). The summed E-state index contributed by atoms with van der Waals surface area (Å²) >= 11 is 0. The lowest BCUT2D eigenvalue weighted by Gasteiger charge is -2.12. The predicted octanol–water partition coefficient (Wildman–Crippen LogP) is 2.40. The fraction of sp³-hybridized carbons (Fsp3) is 0.273. The second kappa shape index (κ2) is 3.52. The zero-order chi connectivity index (χ0) is 9.10. The van der Waals surface area contributed by atoms with Crippen molar-refractivity contribution in [2.75, 3.05) is 0 Å². The van der Waals surface area contributed by atoms with Gasteiger partial charge in [-0.05, 0) is 12.1 Å². The first kappa shape index (κ1) is 8.17. The fourth-order valence-corrected chi connectivity index (χ4v) is 1.33. The molecule has 1 aliphatic rings. The highest BCUT2D eigenvalue weighted by atomic mass is 14.8. The lowest BCUT2D eigenvalue weighted by molar-refractivity contribution is 0.818. The number of pyridine rings is 1. The summed E-state index contributed by atoms with van der Waals surface area (Å²) in [6.07, 6.45) is 8.04. The molecule has 2 nitrogen and oxygen atoms in total. The Hall–Kier alpha value is -1.44. The Morgan fingerprint density at radius 1 is 1.23 bits per heavy atom. The topological polar surface area (TPSA) is 25.2 Å². The normalized spacial score (nSPS) is 26.2. The van der Waals surface area contributed by atoms with Crippen molar-refractivity contribution < 1.29 is 0 Å². The van der Waals surface area contributed by atoms with E-state index in [0.29, 0.717) is 5.92 Å². The predicted molar refractivity (Wildman–Crippen MR) is 53.8 cm³/mol. The molecule has 1 aromatic rings. The van der Waals surface area contributed by atoms with E-state index in [-0.39, 0.29) is 6.04 Å². The maximum absolute atomic E-state index is 4.41. The van der Waals surface area contributed by atoms with Crippen molar-refractivity contribution in [3.05, 3.63) is 42.2 Å². The second-order valence-corrected chi connectivity index (χ2v) is 3.24. The SMILES string of the molecule is CC1C=CC(c2ccccn2)N=C1. The zero-order valence-electron chi connectivity index (χ0n) is 7.59. The molecule has 2 heterocycles. The van der Waals surface area contributed by atoms with Crippen molar-refractivity contribution in [1.29, 1.82) is 0 Å². The summed E-state index contributed by atoms with van der Waals surface area (Å²) in [5.74, 6) is 0.458. The standard InChI is InChI=1S/C11H12N2/c1-9-5-6-11(13-8-9)10-4-2-3-7-12-10/h2-9,11H,1H3. The lowest BCUT2D eigenvalue weighted by Crippen LogP contribution is -2.03. The van der Waals surface area contributed by atoms with Gasteiger partial charge in [0, 0.05) is 18.3 Å². The summed E-state index contributed by atoms with van der Waals surface area (Å²) in [5.41, 5.74) is 1.02. The fourth-order valence-electron chi connectivity index (χ4n) is 1.33. The Balaban J connectivity index is 2.20. The molecule has 2 unspecified atom stereocenters. The van der Waals surface area contributed by atoms with Crippen LogP contribution in [0.1, 0.15) is 18.7 Å². The van der Waals surface area contributed by atoms with Crippen LogP contribution in [0, 0.1) is 5.92 Å². The largest absolute Gasteiger partial charge is 0.283 e. The summed E-state index contributed by atoms with van der Waals surface area (Å²) in [5, 5.41) is 0. The third-order valence-corrected chi connectivity index (χ3v) is 2.07. The van der Waals surface area contributed by atoms with Crippen molar-refractivity contribution >= 4 is 6.21 Å². The summed E-state index contributed by atoms with van der Waals surface area (Å²) in [7, 11) is 0. The van der Waals surface area contributed by atoms with Gasteiger partial charge < -0.3 is 0 Å². The van der Waals surface area contributed by atoms with Crippen LogP contribution in [0.5, 0.6) is 0 Å². The Kier molecular flexibility index (Phi) is 2.21. The molecule has 0 aromatic carbocycles. The zero-order valence-corrected chi connectivity index (χ0v) is 7.59. The van der Waals surface area contributed by atoms with Gasteiger partial charge in [-0.15, -0.1) is 0 Å². The van der Waals surface area contributed by atoms with Gasteiger partial charge in [0.25, 0.3) is 0 Å². The highest BCUT2D eigenvalue weighted by Gasteiger charge is 2.09. The van der Waals surface area contributed by atoms with E-state index < -0.39 is 0 Å². The van der Waals surface area contributed by atoms with E-state index in [1.807, 2.05) is 24.4 Å². The first-order valence-electron chi connectivity index (χ1n) is 4.49. The number of aromatic nitrogens is 1. The minimum Gasteiger partial charge on any atom is -0.283 e. The van der Waals surface area contributed by atoms with Crippen LogP contribution in [0.25, 0.3) is 0 Å². The first-order valence-corrected chi connectivity index (χ1v) is 4.49. The molecular weight excluding hydrogens is 160 g/mol. The highest BCUT2D eigenvalue weighted by Crippen LogP contribution is 2.20. The highest BCUT2D eigenvalue weighted by molar-refractivity contribution is 5.64. The Morgan fingerprint density at radius 2 is 2.15 bits per heavy atom. The number of rotatable bonds is 1. The van der Waals surface area contributed by atoms with Gasteiger partial charge in [-0.1, -0.05) is 25.1 Å². The first-order chi connectivity index (χ1) is 6.36. The molecule has 13 heavy (non-hydrogen) atoms. The molecule has 0 saturated carbocycles. The van der Waals surface area contributed by atoms with Crippen LogP contribution in [-0.4, -0.2) is 11.2 Å². The summed E-state index contributed by atoms with van der Waals surface area (Å²) in [4.78, 5) is 8.67. The van der Waals surface area contributed by atoms with E-state index in [1.54, 1.807) is 6.20 Å². The Labute approximate surface area is 78.0 Å². The van der Waals surface area contributed by atoms with Crippen molar-refractivity contribution in [3.8, 4) is 0 Å². The Bertz CT molecular complexity index is 313. The smallest absolute Gasteiger partial charge is 0.110 e. The summed E-state index contributed by atoms with van der Waals surface area (Å²) in [6, 6.07) is 6.03. The number of nitrogens with zero attached hydrogens (tertiary/aromatic N) is 2. The maximum atomic E-state index is 4.41. The number of hydrogen-bond acceptors (Lipinski definition) is 2. The minimum absolute atomic E-state index is 0.123. The van der Waals surface area contributed by atoms with Gasteiger partial charge in [0.05, 0.1) is 5.69 Å². The van der Waals surface area contributed by atoms with Crippen molar-refractivity contribution in [2.45, 2.75) is 13.0 Å². The van der Waals surface area contributed by atoms with E-state index in [4.69, 9.17) is 0 Å². The number of aliphatic imine (C=N–C) groups is 1. The van der Waals surface area contributed by atoms with Gasteiger partial charge in [0.15, 0.2) is 0 Å². The Morgan fingerprint density at radius 3 is 2.77 bits per heavy atom. The molecule has 1 aromatic heterocycles. The quantitative estimate of drug-likeness (QED) is 0.597. The van der Waals surface area contributed by atoms with Crippen molar-refractivity contribution in [2.24, 2.45) is 10.9 Å². The van der Waals surface area contributed by atoms with E-state index in [1.165, 1.54) is 0 Å². The third kappa shape index (κ3) is 1.83. The number of dihydropyridines is 1. The molecule has 0 fully saturated rings.